The summed E-state index contributed by atoms with van der Waals surface area (Å²) >= 11 is 0. The van der Waals surface area contributed by atoms with Gasteiger partial charge in [0.2, 0.25) is 0 Å². The zero-order valence-electron chi connectivity index (χ0n) is 17.4. The minimum atomic E-state index is -4.76. The highest BCUT2D eigenvalue weighted by Crippen LogP contribution is 2.28. The lowest BCUT2D eigenvalue weighted by Gasteiger charge is -2.13. The SMILES string of the molecule is Cc1cccc(C)c1OCCc1cc(-c2ccc(OC(F)(F)F)cc2)cn2c(=O)[nH]nc12. The number of aromatic amines is 1. The third kappa shape index (κ3) is 4.61. The van der Waals surface area contributed by atoms with Crippen LogP contribution in [0.2, 0.25) is 0 Å². The van der Waals surface area contributed by atoms with Gasteiger partial charge in [-0.15, -0.1) is 13.2 Å². The van der Waals surface area contributed by atoms with Crippen molar-refractivity contribution in [2.45, 2.75) is 26.6 Å². The predicted molar refractivity (Wildman–Crippen MR) is 113 cm³/mol. The van der Waals surface area contributed by atoms with Gasteiger partial charge in [0.15, 0.2) is 5.65 Å². The van der Waals surface area contributed by atoms with Crippen molar-refractivity contribution in [3.05, 3.63) is 81.9 Å². The first kappa shape index (κ1) is 21.5. The number of aryl methyl sites for hydroxylation is 2. The highest BCUT2D eigenvalue weighted by atomic mass is 19.4. The Labute approximate surface area is 181 Å². The van der Waals surface area contributed by atoms with E-state index in [1.54, 1.807) is 6.20 Å². The molecule has 4 rings (SSSR count). The fraction of sp³-hybridized carbons (Fsp3) is 0.217. The molecule has 4 aromatic rings. The maximum atomic E-state index is 12.4. The first-order chi connectivity index (χ1) is 15.2. The van der Waals surface area contributed by atoms with Crippen molar-refractivity contribution in [2.75, 3.05) is 6.61 Å². The Morgan fingerprint density at radius 3 is 2.38 bits per heavy atom. The molecule has 6 nitrogen and oxygen atoms in total. The smallest absolute Gasteiger partial charge is 0.493 e. The molecular weight excluding hydrogens is 423 g/mol. The number of alkyl halides is 3. The first-order valence-electron chi connectivity index (χ1n) is 9.86. The lowest BCUT2D eigenvalue weighted by Crippen LogP contribution is -2.16. The first-order valence-corrected chi connectivity index (χ1v) is 9.86. The number of aromatic nitrogens is 3. The van der Waals surface area contributed by atoms with Crippen LogP contribution in [0.4, 0.5) is 13.2 Å². The van der Waals surface area contributed by atoms with Gasteiger partial charge in [-0.3, -0.25) is 0 Å². The van der Waals surface area contributed by atoms with Crippen LogP contribution in [0.1, 0.15) is 16.7 Å². The summed E-state index contributed by atoms with van der Waals surface area (Å²) in [6.45, 7) is 4.31. The zero-order chi connectivity index (χ0) is 22.9. The minimum absolute atomic E-state index is 0.315. The number of hydrogen-bond donors (Lipinski definition) is 1. The number of rotatable bonds is 6. The van der Waals surface area contributed by atoms with Crippen molar-refractivity contribution < 1.29 is 22.6 Å². The van der Waals surface area contributed by atoms with Gasteiger partial charge in [0.25, 0.3) is 0 Å². The Bertz CT molecular complexity index is 1290. The van der Waals surface area contributed by atoms with Crippen molar-refractivity contribution in [1.29, 1.82) is 0 Å². The molecule has 0 atom stereocenters. The van der Waals surface area contributed by atoms with Crippen LogP contribution < -0.4 is 15.2 Å². The van der Waals surface area contributed by atoms with Gasteiger partial charge in [-0.05, 0) is 54.3 Å². The molecule has 2 aromatic heterocycles. The molecular formula is C23H20F3N3O3. The van der Waals surface area contributed by atoms with Crippen molar-refractivity contribution in [3.63, 3.8) is 0 Å². The number of ether oxygens (including phenoxy) is 2. The second kappa shape index (κ2) is 8.41. The number of fused-ring (bicyclic) bond motifs is 1. The van der Waals surface area contributed by atoms with E-state index in [1.807, 2.05) is 38.1 Å². The fourth-order valence-corrected chi connectivity index (χ4v) is 3.56. The molecule has 0 saturated heterocycles. The molecule has 0 unspecified atom stereocenters. The van der Waals surface area contributed by atoms with E-state index in [0.29, 0.717) is 29.8 Å². The lowest BCUT2D eigenvalue weighted by molar-refractivity contribution is -0.274. The predicted octanol–water partition coefficient (Wildman–Crippen LogP) is 4.83. The second-order valence-electron chi connectivity index (χ2n) is 7.37. The van der Waals surface area contributed by atoms with Gasteiger partial charge in [-0.2, -0.15) is 5.10 Å². The molecule has 166 valence electrons. The van der Waals surface area contributed by atoms with Crippen molar-refractivity contribution >= 4 is 5.65 Å². The third-order valence-electron chi connectivity index (χ3n) is 5.04. The van der Waals surface area contributed by atoms with Gasteiger partial charge in [0, 0.05) is 18.2 Å². The summed E-state index contributed by atoms with van der Waals surface area (Å²) in [6.07, 6.45) is -2.69. The molecule has 0 aliphatic rings. The average Bonchev–Trinajstić information content (AvgIpc) is 3.10. The maximum Gasteiger partial charge on any atom is 0.573 e. The molecule has 0 fully saturated rings. The number of halogens is 3. The summed E-state index contributed by atoms with van der Waals surface area (Å²) in [5, 5.41) is 6.52. The minimum Gasteiger partial charge on any atom is -0.493 e. The van der Waals surface area contributed by atoms with Crippen LogP contribution in [-0.2, 0) is 6.42 Å². The summed E-state index contributed by atoms with van der Waals surface area (Å²) in [6, 6.07) is 13.2. The highest BCUT2D eigenvalue weighted by Gasteiger charge is 2.31. The topological polar surface area (TPSA) is 68.6 Å². The Morgan fingerprint density at radius 1 is 1.03 bits per heavy atom. The van der Waals surface area contributed by atoms with Crippen LogP contribution >= 0.6 is 0 Å². The Kier molecular flexibility index (Phi) is 5.65. The van der Waals surface area contributed by atoms with Crippen LogP contribution in [0, 0.1) is 13.8 Å². The third-order valence-corrected chi connectivity index (χ3v) is 5.04. The standard InChI is InChI=1S/C23H20F3N3O3/c1-14-4-3-5-15(2)20(14)31-11-10-17-12-18(13-29-21(17)27-28-22(29)30)16-6-8-19(9-7-16)32-23(24,25)26/h3-9,12-13H,10-11H2,1-2H3,(H,28,30). The molecule has 32 heavy (non-hydrogen) atoms. The van der Waals surface area contributed by atoms with Crippen LogP contribution in [0.3, 0.4) is 0 Å². The molecule has 9 heteroatoms. The molecule has 0 aliphatic carbocycles. The maximum absolute atomic E-state index is 12.4. The summed E-state index contributed by atoms with van der Waals surface area (Å²) in [5.74, 6) is 0.504. The van der Waals surface area contributed by atoms with Crippen molar-refractivity contribution in [2.24, 2.45) is 0 Å². The molecule has 0 radical (unpaired) electrons. The van der Waals surface area contributed by atoms with E-state index in [9.17, 15) is 18.0 Å². The molecule has 1 N–H and O–H groups in total. The molecule has 0 saturated carbocycles. The van der Waals surface area contributed by atoms with Crippen LogP contribution in [0.15, 0.2) is 59.5 Å². The van der Waals surface area contributed by atoms with Crippen LogP contribution in [0.5, 0.6) is 11.5 Å². The van der Waals surface area contributed by atoms with Gasteiger partial charge in [0.1, 0.15) is 11.5 Å². The average molecular weight is 443 g/mol. The molecule has 0 amide bonds. The van der Waals surface area contributed by atoms with Gasteiger partial charge in [-0.25, -0.2) is 14.3 Å². The summed E-state index contributed by atoms with van der Waals surface area (Å²) in [5.41, 5.74) is 4.18. The van der Waals surface area contributed by atoms with E-state index in [2.05, 4.69) is 14.9 Å². The number of pyridine rings is 1. The van der Waals surface area contributed by atoms with Crippen LogP contribution in [0.25, 0.3) is 16.8 Å². The Hall–Kier alpha value is -3.75. The monoisotopic (exact) mass is 443 g/mol. The lowest BCUT2D eigenvalue weighted by atomic mass is 10.0. The number of H-pyrrole nitrogens is 1. The Balaban J connectivity index is 1.61. The summed E-state index contributed by atoms with van der Waals surface area (Å²) in [7, 11) is 0. The van der Waals surface area contributed by atoms with E-state index in [1.165, 1.54) is 28.7 Å². The summed E-state index contributed by atoms with van der Waals surface area (Å²) in [4.78, 5) is 12.2. The van der Waals surface area contributed by atoms with E-state index < -0.39 is 12.1 Å². The van der Waals surface area contributed by atoms with Gasteiger partial charge < -0.3 is 9.47 Å². The van der Waals surface area contributed by atoms with Crippen LogP contribution in [-0.4, -0.2) is 27.6 Å². The Morgan fingerprint density at radius 2 is 1.72 bits per heavy atom. The summed E-state index contributed by atoms with van der Waals surface area (Å²) < 4.78 is 48.5. The molecule has 2 aromatic carbocycles. The van der Waals surface area contributed by atoms with Gasteiger partial charge in [-0.1, -0.05) is 30.3 Å². The van der Waals surface area contributed by atoms with Crippen molar-refractivity contribution in [3.8, 4) is 22.6 Å². The fourth-order valence-electron chi connectivity index (χ4n) is 3.56. The number of benzene rings is 2. The molecule has 0 aliphatic heterocycles. The highest BCUT2D eigenvalue weighted by molar-refractivity contribution is 5.67. The zero-order valence-corrected chi connectivity index (χ0v) is 17.4. The second-order valence-corrected chi connectivity index (χ2v) is 7.37. The largest absolute Gasteiger partial charge is 0.573 e. The van der Waals surface area contributed by atoms with E-state index in [4.69, 9.17) is 4.74 Å². The number of para-hydroxylation sites is 1. The number of hydrogen-bond acceptors (Lipinski definition) is 4. The molecule has 0 spiro atoms. The van der Waals surface area contributed by atoms with E-state index in [0.717, 1.165) is 22.4 Å². The van der Waals surface area contributed by atoms with Gasteiger partial charge in [0.05, 0.1) is 6.61 Å². The van der Waals surface area contributed by atoms with E-state index in [-0.39, 0.29) is 5.75 Å². The normalized spacial score (nSPS) is 11.7. The molecule has 2 heterocycles. The van der Waals surface area contributed by atoms with Gasteiger partial charge >= 0.3 is 12.1 Å². The molecule has 0 bridgehead atoms. The number of nitrogens with one attached hydrogen (secondary N) is 1. The van der Waals surface area contributed by atoms with E-state index >= 15 is 0 Å². The quantitative estimate of drug-likeness (QED) is 0.464. The number of nitrogens with zero attached hydrogens (tertiary/aromatic N) is 2. The van der Waals surface area contributed by atoms with Crippen molar-refractivity contribution in [1.82, 2.24) is 14.6 Å².